The lowest BCUT2D eigenvalue weighted by molar-refractivity contribution is 0.769. The van der Waals surface area contributed by atoms with E-state index in [9.17, 15) is 0 Å². The van der Waals surface area contributed by atoms with E-state index >= 15 is 0 Å². The molecule has 1 heterocycles. The first-order chi connectivity index (χ1) is 47.0. The molecule has 0 aliphatic heterocycles. The minimum absolute atomic E-state index is 0.449. The maximum absolute atomic E-state index is 2.52. The smallest absolute Gasteiger partial charge is 0.0725 e. The maximum atomic E-state index is 2.52. The van der Waals surface area contributed by atoms with Crippen LogP contribution in [-0.2, 0) is 10.8 Å². The highest BCUT2D eigenvalue weighted by Gasteiger charge is 2.52. The summed E-state index contributed by atoms with van der Waals surface area (Å²) >= 11 is 1.89. The zero-order valence-electron chi connectivity index (χ0n) is 51.9. The van der Waals surface area contributed by atoms with Crippen LogP contribution in [0.1, 0.15) is 44.5 Å². The molecule has 0 fully saturated rings. The molecule has 0 bridgehead atoms. The Morgan fingerprint density at radius 1 is 0.179 bits per heavy atom. The fourth-order valence-corrected chi connectivity index (χ4v) is 18.3. The molecule has 95 heavy (non-hydrogen) atoms. The fraction of sp³-hybridized carbons (Fsp3) is 0.0213. The highest BCUT2D eigenvalue weighted by molar-refractivity contribution is 7.26. The quantitative estimate of drug-likeness (QED) is 0.142. The fourth-order valence-electron chi connectivity index (χ4n) is 17.1. The average Bonchev–Trinajstić information content (AvgIpc) is 1.52. The van der Waals surface area contributed by atoms with E-state index in [2.05, 4.69) is 352 Å². The van der Waals surface area contributed by atoms with E-state index in [1.807, 2.05) is 11.3 Å². The second-order valence-corrected chi connectivity index (χ2v) is 27.2. The summed E-state index contributed by atoms with van der Waals surface area (Å²) in [6, 6.07) is 133. The lowest BCUT2D eigenvalue weighted by Crippen LogP contribution is -2.28. The molecular formula is C94H58S. The van der Waals surface area contributed by atoms with Gasteiger partial charge in [0.1, 0.15) is 0 Å². The zero-order chi connectivity index (χ0) is 62.3. The van der Waals surface area contributed by atoms with Gasteiger partial charge < -0.3 is 0 Å². The van der Waals surface area contributed by atoms with Gasteiger partial charge in [-0.3, -0.25) is 0 Å². The Morgan fingerprint density at radius 3 is 1.14 bits per heavy atom. The van der Waals surface area contributed by atoms with Crippen molar-refractivity contribution < 1.29 is 0 Å². The van der Waals surface area contributed by atoms with Crippen LogP contribution in [0.2, 0.25) is 0 Å². The molecule has 17 aromatic rings. The van der Waals surface area contributed by atoms with E-state index in [1.54, 1.807) is 0 Å². The Labute approximate surface area is 556 Å². The van der Waals surface area contributed by atoms with Gasteiger partial charge in [0, 0.05) is 20.2 Å². The number of fused-ring (bicyclic) bond motifs is 18. The van der Waals surface area contributed by atoms with Crippen LogP contribution in [0.15, 0.2) is 352 Å². The Bertz CT molecular complexity index is 5960. The Morgan fingerprint density at radius 2 is 0.547 bits per heavy atom. The topological polar surface area (TPSA) is 0 Å². The number of rotatable bonds is 8. The van der Waals surface area contributed by atoms with E-state index < -0.39 is 10.8 Å². The molecule has 0 saturated carbocycles. The van der Waals surface area contributed by atoms with Gasteiger partial charge in [0.2, 0.25) is 0 Å². The summed E-state index contributed by atoms with van der Waals surface area (Å²) < 4.78 is 2.66. The van der Waals surface area contributed by atoms with Gasteiger partial charge in [-0.15, -0.1) is 11.3 Å². The van der Waals surface area contributed by atoms with Crippen molar-refractivity contribution in [3.05, 3.63) is 396 Å². The first-order valence-corrected chi connectivity index (χ1v) is 33.9. The van der Waals surface area contributed by atoms with Crippen molar-refractivity contribution >= 4 is 53.1 Å². The van der Waals surface area contributed by atoms with E-state index in [1.165, 1.54) is 186 Å². The first-order valence-electron chi connectivity index (χ1n) is 33.1. The predicted octanol–water partition coefficient (Wildman–Crippen LogP) is 25.1. The summed E-state index contributed by atoms with van der Waals surface area (Å²) in [6.45, 7) is 0. The molecule has 1 aromatic heterocycles. The van der Waals surface area contributed by atoms with Crippen molar-refractivity contribution in [3.63, 3.8) is 0 Å². The molecule has 0 N–H and O–H groups in total. The van der Waals surface area contributed by atoms with Crippen molar-refractivity contribution in [2.45, 2.75) is 10.8 Å². The third-order valence-corrected chi connectivity index (χ3v) is 22.6. The highest BCUT2D eigenvalue weighted by atomic mass is 32.1. The molecule has 0 nitrogen and oxygen atoms in total. The van der Waals surface area contributed by atoms with Gasteiger partial charge in [-0.05, 0) is 227 Å². The number of hydrogen-bond acceptors (Lipinski definition) is 1. The minimum Gasteiger partial charge on any atom is -0.135 e. The standard InChI is InChI=1S/C94H58S/c1-3-22-74(23-4-1)93(75-24-5-2-6-25-75)85-32-11-7-28-79(85)80-47-44-70(57-89(80)93)61-19-15-18-60(50-61)63-40-41-65-52-66(43-42-64(65)51-63)67-38-36-59-37-39-68(55-73(59)54-67)69-46-49-88-84(56-69)81-48-45-71(58-90(81)94(88)86-33-12-8-26-77(86)78-27-9-13-34-87(78)94)62-20-16-21-72(53-62)76-30-17-31-83-82-29-10-14-35-91(82)95-92(76)83/h1-58H. The molecule has 16 aromatic carbocycles. The molecule has 1 heteroatoms. The average molecular weight is 1220 g/mol. The predicted molar refractivity (Wildman–Crippen MR) is 401 cm³/mol. The van der Waals surface area contributed by atoms with Gasteiger partial charge in [0.05, 0.1) is 10.8 Å². The van der Waals surface area contributed by atoms with Gasteiger partial charge in [-0.1, -0.05) is 291 Å². The largest absolute Gasteiger partial charge is 0.135 e. The monoisotopic (exact) mass is 1220 g/mol. The third kappa shape index (κ3) is 8.01. The van der Waals surface area contributed by atoms with Gasteiger partial charge >= 0.3 is 0 Å². The normalized spacial score (nSPS) is 13.4. The van der Waals surface area contributed by atoms with Crippen LogP contribution in [0, 0.1) is 0 Å². The van der Waals surface area contributed by atoms with E-state index in [0.29, 0.717) is 0 Å². The van der Waals surface area contributed by atoms with E-state index in [4.69, 9.17) is 0 Å². The highest BCUT2D eigenvalue weighted by Crippen LogP contribution is 2.64. The molecule has 20 rings (SSSR count). The molecule has 0 unspecified atom stereocenters. The summed E-state index contributed by atoms with van der Waals surface area (Å²) in [7, 11) is 0. The SMILES string of the molecule is c1ccc(C2(c3ccccc3)c3ccccc3-c3ccc(-c4cccc(-c5ccc6cc(-c7ccc8ccc(-c9ccc%10c(c9)-c9ccc(-c%11cccc(-c%12cccc%13c%12sc%12ccccc%12%13)c%11)cc9C%109c%10ccccc%10-c%10ccccc%109)cc8c7)ccc6c5)c4)cc32)cc1. The van der Waals surface area contributed by atoms with Crippen molar-refractivity contribution in [2.24, 2.45) is 0 Å². The first kappa shape index (κ1) is 53.9. The summed E-state index contributed by atoms with van der Waals surface area (Å²) in [4.78, 5) is 0. The molecule has 0 radical (unpaired) electrons. The minimum atomic E-state index is -0.476. The number of hydrogen-bond donors (Lipinski definition) is 0. The van der Waals surface area contributed by atoms with Crippen molar-refractivity contribution in [2.75, 3.05) is 0 Å². The molecule has 1 spiro atoms. The summed E-state index contributed by atoms with van der Waals surface area (Å²) in [5, 5.41) is 7.53. The molecule has 440 valence electrons. The van der Waals surface area contributed by atoms with Crippen LogP contribution < -0.4 is 0 Å². The van der Waals surface area contributed by atoms with Crippen LogP contribution in [-0.4, -0.2) is 0 Å². The van der Waals surface area contributed by atoms with Crippen LogP contribution in [0.5, 0.6) is 0 Å². The van der Waals surface area contributed by atoms with Gasteiger partial charge in [-0.25, -0.2) is 0 Å². The Hall–Kier alpha value is -11.7. The second-order valence-electron chi connectivity index (χ2n) is 26.1. The zero-order valence-corrected chi connectivity index (χ0v) is 52.7. The van der Waals surface area contributed by atoms with Crippen LogP contribution in [0.25, 0.3) is 142 Å². The summed E-state index contributed by atoms with van der Waals surface area (Å²) in [6.07, 6.45) is 0. The maximum Gasteiger partial charge on any atom is 0.0725 e. The van der Waals surface area contributed by atoms with Gasteiger partial charge in [-0.2, -0.15) is 0 Å². The Kier molecular flexibility index (Phi) is 11.8. The van der Waals surface area contributed by atoms with Gasteiger partial charge in [0.15, 0.2) is 0 Å². The van der Waals surface area contributed by atoms with Crippen molar-refractivity contribution in [1.29, 1.82) is 0 Å². The van der Waals surface area contributed by atoms with Crippen LogP contribution in [0.3, 0.4) is 0 Å². The van der Waals surface area contributed by atoms with Crippen molar-refractivity contribution in [3.8, 4) is 100 Å². The van der Waals surface area contributed by atoms with Gasteiger partial charge in [0.25, 0.3) is 0 Å². The molecular weight excluding hydrogens is 1160 g/mol. The van der Waals surface area contributed by atoms with Crippen molar-refractivity contribution in [1.82, 2.24) is 0 Å². The third-order valence-electron chi connectivity index (χ3n) is 21.3. The van der Waals surface area contributed by atoms with E-state index in [0.717, 1.165) is 0 Å². The van der Waals surface area contributed by atoms with Crippen LogP contribution in [0.4, 0.5) is 0 Å². The number of benzene rings is 16. The lowest BCUT2D eigenvalue weighted by atomic mass is 9.67. The Balaban J connectivity index is 0.631. The molecule has 0 saturated heterocycles. The summed E-state index contributed by atoms with van der Waals surface area (Å²) in [5.41, 5.74) is 32.0. The molecule has 3 aliphatic carbocycles. The number of thiophene rings is 1. The lowest BCUT2D eigenvalue weighted by Gasteiger charge is -2.34. The molecule has 0 atom stereocenters. The van der Waals surface area contributed by atoms with Crippen LogP contribution >= 0.6 is 11.3 Å². The summed E-state index contributed by atoms with van der Waals surface area (Å²) in [5.74, 6) is 0. The molecule has 3 aliphatic rings. The second kappa shape index (κ2) is 20.9. The molecule has 0 amide bonds. The van der Waals surface area contributed by atoms with E-state index in [-0.39, 0.29) is 0 Å².